The van der Waals surface area contributed by atoms with E-state index in [1.807, 2.05) is 43.3 Å². The third-order valence-electron chi connectivity index (χ3n) is 5.18. The Bertz CT molecular complexity index is 1350. The van der Waals surface area contributed by atoms with E-state index < -0.39 is 5.97 Å². The van der Waals surface area contributed by atoms with Gasteiger partial charge in [-0.1, -0.05) is 12.1 Å². The maximum atomic E-state index is 13.5. The zero-order chi connectivity index (χ0) is 22.8. The highest BCUT2D eigenvalue weighted by molar-refractivity contribution is 6.11. The monoisotopic (exact) mass is 428 g/mol. The van der Waals surface area contributed by atoms with Gasteiger partial charge in [0, 0.05) is 42.4 Å². The number of halogens is 1. The summed E-state index contributed by atoms with van der Waals surface area (Å²) in [5.41, 5.74) is 4.46. The Kier molecular flexibility index (Phi) is 5.65. The van der Waals surface area contributed by atoms with E-state index >= 15 is 0 Å². The molecule has 0 unspecified atom stereocenters. The molecule has 6 heteroatoms. The zero-order valence-electron chi connectivity index (χ0n) is 18.0. The van der Waals surface area contributed by atoms with Gasteiger partial charge in [0.25, 0.3) is 0 Å². The van der Waals surface area contributed by atoms with Crippen molar-refractivity contribution in [2.24, 2.45) is 0 Å². The largest absolute Gasteiger partial charge is 0.462 e. The summed E-state index contributed by atoms with van der Waals surface area (Å²) in [6.45, 7) is 1.95. The number of ether oxygens (including phenoxy) is 1. The molecule has 3 aromatic carbocycles. The second-order valence-electron chi connectivity index (χ2n) is 7.49. The lowest BCUT2D eigenvalue weighted by molar-refractivity contribution is 0.0528. The molecule has 0 bridgehead atoms. The first kappa shape index (κ1) is 21.1. The first-order valence-electron chi connectivity index (χ1n) is 10.1. The van der Waals surface area contributed by atoms with Crippen molar-refractivity contribution in [1.82, 2.24) is 0 Å². The minimum atomic E-state index is -0.514. The van der Waals surface area contributed by atoms with Crippen molar-refractivity contribution in [2.45, 2.75) is 6.92 Å². The third kappa shape index (κ3) is 3.81. The number of esters is 1. The number of nitrogens with zero attached hydrogens (tertiary/aromatic N) is 2. The molecule has 0 fully saturated rings. The van der Waals surface area contributed by atoms with E-state index in [2.05, 4.69) is 6.07 Å². The smallest absolute Gasteiger partial charge is 0.342 e. The van der Waals surface area contributed by atoms with Crippen LogP contribution in [0.5, 0.6) is 0 Å². The van der Waals surface area contributed by atoms with E-state index in [-0.39, 0.29) is 18.0 Å². The molecule has 0 radical (unpaired) electrons. The van der Waals surface area contributed by atoms with Gasteiger partial charge in [0.2, 0.25) is 0 Å². The number of hydrogen-bond acceptors (Lipinski definition) is 5. The van der Waals surface area contributed by atoms with Crippen LogP contribution in [-0.4, -0.2) is 26.7 Å². The molecule has 4 aromatic rings. The van der Waals surface area contributed by atoms with Gasteiger partial charge in [0.1, 0.15) is 22.7 Å². The Morgan fingerprint density at radius 2 is 1.84 bits per heavy atom. The van der Waals surface area contributed by atoms with Crippen LogP contribution in [0.3, 0.4) is 0 Å². The van der Waals surface area contributed by atoms with E-state index in [0.29, 0.717) is 27.9 Å². The van der Waals surface area contributed by atoms with Gasteiger partial charge in [-0.25, -0.2) is 9.18 Å². The minimum Gasteiger partial charge on any atom is -0.462 e. The molecule has 5 nitrogen and oxygen atoms in total. The van der Waals surface area contributed by atoms with Gasteiger partial charge in [-0.15, -0.1) is 0 Å². The minimum absolute atomic E-state index is 0.210. The molecule has 0 saturated carbocycles. The molecule has 1 aromatic heterocycles. The first-order valence-corrected chi connectivity index (χ1v) is 10.1. The molecule has 0 aliphatic rings. The van der Waals surface area contributed by atoms with Gasteiger partial charge in [-0.05, 0) is 55.0 Å². The summed E-state index contributed by atoms with van der Waals surface area (Å²) in [5, 5.41) is 9.91. The molecular formula is C26H21FN2O3. The standard InChI is InChI=1S/C26H21FN2O3/c1-4-31-26(30)24-21-13-20(18-7-5-6-16(12-18)15-28)22(29(2)3)14-23(21)32-25(24)17-8-10-19(27)11-9-17/h5-14H,4H2,1-3H3. The van der Waals surface area contributed by atoms with Crippen molar-refractivity contribution < 1.29 is 18.3 Å². The highest BCUT2D eigenvalue weighted by Crippen LogP contribution is 2.41. The molecule has 160 valence electrons. The highest BCUT2D eigenvalue weighted by atomic mass is 19.1. The van der Waals surface area contributed by atoms with Crippen LogP contribution < -0.4 is 4.90 Å². The van der Waals surface area contributed by atoms with Gasteiger partial charge < -0.3 is 14.1 Å². The van der Waals surface area contributed by atoms with Gasteiger partial charge in [-0.2, -0.15) is 5.26 Å². The number of fused-ring (bicyclic) bond motifs is 1. The normalized spacial score (nSPS) is 10.7. The highest BCUT2D eigenvalue weighted by Gasteiger charge is 2.25. The molecule has 4 rings (SSSR count). The molecule has 0 N–H and O–H groups in total. The average molecular weight is 428 g/mol. The van der Waals surface area contributed by atoms with Crippen LogP contribution in [0.25, 0.3) is 33.4 Å². The Labute approximate surface area is 185 Å². The van der Waals surface area contributed by atoms with Crippen LogP contribution in [-0.2, 0) is 4.74 Å². The predicted octanol–water partition coefficient (Wildman–Crippen LogP) is 6.02. The van der Waals surface area contributed by atoms with Crippen molar-refractivity contribution in [3.05, 3.63) is 77.6 Å². The lowest BCUT2D eigenvalue weighted by atomic mass is 9.97. The first-order chi connectivity index (χ1) is 15.4. The Hall–Kier alpha value is -4.11. The summed E-state index contributed by atoms with van der Waals surface area (Å²) in [5.74, 6) is -0.567. The fraction of sp³-hybridized carbons (Fsp3) is 0.154. The van der Waals surface area contributed by atoms with Crippen molar-refractivity contribution in [3.63, 3.8) is 0 Å². The van der Waals surface area contributed by atoms with Crippen LogP contribution in [0.4, 0.5) is 10.1 Å². The Balaban J connectivity index is 2.03. The number of rotatable bonds is 5. The maximum Gasteiger partial charge on any atom is 0.342 e. The number of furan rings is 1. The molecule has 0 aliphatic heterocycles. The average Bonchev–Trinajstić information content (AvgIpc) is 3.17. The maximum absolute atomic E-state index is 13.5. The van der Waals surface area contributed by atoms with E-state index in [0.717, 1.165) is 16.8 Å². The fourth-order valence-electron chi connectivity index (χ4n) is 3.70. The number of anilines is 1. The van der Waals surface area contributed by atoms with Gasteiger partial charge in [0.15, 0.2) is 0 Å². The number of carbonyl (C=O) groups is 1. The SMILES string of the molecule is CCOC(=O)c1c(-c2ccc(F)cc2)oc2cc(N(C)C)c(-c3cccc(C#N)c3)cc12. The van der Waals surface area contributed by atoms with Crippen molar-refractivity contribution in [2.75, 3.05) is 25.6 Å². The van der Waals surface area contributed by atoms with Crippen molar-refractivity contribution in [1.29, 1.82) is 5.26 Å². The number of benzene rings is 3. The topological polar surface area (TPSA) is 66.5 Å². The second kappa shape index (κ2) is 8.56. The van der Waals surface area contributed by atoms with Crippen molar-refractivity contribution in [3.8, 4) is 28.5 Å². The molecule has 0 atom stereocenters. The molecule has 0 amide bonds. The van der Waals surface area contributed by atoms with E-state index in [9.17, 15) is 14.4 Å². The molecule has 32 heavy (non-hydrogen) atoms. The van der Waals surface area contributed by atoms with Gasteiger partial charge >= 0.3 is 5.97 Å². The summed E-state index contributed by atoms with van der Waals surface area (Å²) in [6.07, 6.45) is 0. The summed E-state index contributed by atoms with van der Waals surface area (Å²) in [7, 11) is 3.82. The summed E-state index contributed by atoms with van der Waals surface area (Å²) >= 11 is 0. The van der Waals surface area contributed by atoms with Crippen LogP contribution in [0.15, 0.2) is 65.1 Å². The quantitative estimate of drug-likeness (QED) is 0.364. The zero-order valence-corrected chi connectivity index (χ0v) is 18.0. The second-order valence-corrected chi connectivity index (χ2v) is 7.49. The van der Waals surface area contributed by atoms with Gasteiger partial charge in [0.05, 0.1) is 18.2 Å². The summed E-state index contributed by atoms with van der Waals surface area (Å²) < 4.78 is 24.9. The summed E-state index contributed by atoms with van der Waals surface area (Å²) in [6, 6.07) is 19.0. The molecule has 0 spiro atoms. The van der Waals surface area contributed by atoms with Crippen LogP contribution in [0.2, 0.25) is 0 Å². The number of hydrogen-bond donors (Lipinski definition) is 0. The van der Waals surface area contributed by atoms with E-state index in [1.165, 1.54) is 12.1 Å². The van der Waals surface area contributed by atoms with Crippen LogP contribution in [0.1, 0.15) is 22.8 Å². The molecule has 0 aliphatic carbocycles. The molecular weight excluding hydrogens is 407 g/mol. The lowest BCUT2D eigenvalue weighted by Gasteiger charge is -2.18. The van der Waals surface area contributed by atoms with Crippen LogP contribution in [0, 0.1) is 17.1 Å². The van der Waals surface area contributed by atoms with Crippen LogP contribution >= 0.6 is 0 Å². The van der Waals surface area contributed by atoms with Gasteiger partial charge in [-0.3, -0.25) is 0 Å². The van der Waals surface area contributed by atoms with E-state index in [1.54, 1.807) is 31.2 Å². The van der Waals surface area contributed by atoms with Crippen molar-refractivity contribution >= 4 is 22.6 Å². The number of carbonyl (C=O) groups excluding carboxylic acids is 1. The Morgan fingerprint density at radius 3 is 2.50 bits per heavy atom. The molecule has 1 heterocycles. The fourth-order valence-corrected chi connectivity index (χ4v) is 3.70. The third-order valence-corrected chi connectivity index (χ3v) is 5.18. The predicted molar refractivity (Wildman–Crippen MR) is 122 cm³/mol. The molecule has 0 saturated heterocycles. The lowest BCUT2D eigenvalue weighted by Crippen LogP contribution is -2.10. The summed E-state index contributed by atoms with van der Waals surface area (Å²) in [4.78, 5) is 14.9. The van der Waals surface area contributed by atoms with E-state index in [4.69, 9.17) is 9.15 Å². The Morgan fingerprint density at radius 1 is 1.09 bits per heavy atom. The number of nitriles is 1.